The molecule has 33 heavy (non-hydrogen) atoms. The fourth-order valence-electron chi connectivity index (χ4n) is 3.73. The number of hydrogen-bond acceptors (Lipinski definition) is 6. The van der Waals surface area contributed by atoms with E-state index in [-0.39, 0.29) is 17.3 Å². The molecular weight excluding hydrogens is 417 g/mol. The van der Waals surface area contributed by atoms with E-state index >= 15 is 0 Å². The van der Waals surface area contributed by atoms with Gasteiger partial charge in [-0.15, -0.1) is 5.10 Å². The lowest BCUT2D eigenvalue weighted by molar-refractivity contribution is 0.442. The van der Waals surface area contributed by atoms with Gasteiger partial charge in [-0.2, -0.15) is 0 Å². The third kappa shape index (κ3) is 4.94. The van der Waals surface area contributed by atoms with Crippen LogP contribution in [0.2, 0.25) is 0 Å². The highest BCUT2D eigenvalue weighted by molar-refractivity contribution is 5.91. The van der Waals surface area contributed by atoms with E-state index in [1.54, 1.807) is 18.5 Å². The van der Waals surface area contributed by atoms with Crippen LogP contribution in [0.3, 0.4) is 0 Å². The van der Waals surface area contributed by atoms with Gasteiger partial charge < -0.3 is 10.6 Å². The molecule has 1 unspecified atom stereocenters. The van der Waals surface area contributed by atoms with Crippen molar-refractivity contribution in [2.24, 2.45) is 5.41 Å². The van der Waals surface area contributed by atoms with Crippen molar-refractivity contribution in [2.75, 3.05) is 17.2 Å². The smallest absolute Gasteiger partial charge is 0.137 e. The van der Waals surface area contributed by atoms with Gasteiger partial charge in [0.1, 0.15) is 23.7 Å². The van der Waals surface area contributed by atoms with Crippen molar-refractivity contribution in [1.29, 1.82) is 0 Å². The minimum atomic E-state index is -0.272. The van der Waals surface area contributed by atoms with Crippen molar-refractivity contribution >= 4 is 22.4 Å². The van der Waals surface area contributed by atoms with Gasteiger partial charge >= 0.3 is 0 Å². The average molecular weight is 446 g/mol. The molecule has 7 nitrogen and oxygen atoms in total. The fourth-order valence-corrected chi connectivity index (χ4v) is 3.73. The van der Waals surface area contributed by atoms with E-state index < -0.39 is 0 Å². The molecule has 1 aliphatic rings. The second-order valence-electron chi connectivity index (χ2n) is 9.85. The number of halogens is 1. The van der Waals surface area contributed by atoms with E-state index in [2.05, 4.69) is 51.7 Å². The van der Waals surface area contributed by atoms with Gasteiger partial charge in [0.15, 0.2) is 0 Å². The second kappa shape index (κ2) is 8.42. The number of rotatable bonds is 7. The molecular formula is C25H28FN7. The Hall–Kier alpha value is -3.55. The highest BCUT2D eigenvalue weighted by Gasteiger charge is 2.27. The van der Waals surface area contributed by atoms with E-state index in [9.17, 15) is 4.39 Å². The molecule has 0 spiro atoms. The minimum absolute atomic E-state index is 0.119. The summed E-state index contributed by atoms with van der Waals surface area (Å²) in [5.41, 5.74) is 3.59. The topological polar surface area (TPSA) is 80.5 Å². The molecule has 8 heteroatoms. The van der Waals surface area contributed by atoms with Crippen molar-refractivity contribution in [2.45, 2.75) is 45.7 Å². The Morgan fingerprint density at radius 3 is 2.61 bits per heavy atom. The van der Waals surface area contributed by atoms with Crippen molar-refractivity contribution in [1.82, 2.24) is 25.0 Å². The summed E-state index contributed by atoms with van der Waals surface area (Å²) in [5, 5.41) is 16.7. The molecule has 5 rings (SSSR count). The van der Waals surface area contributed by atoms with Crippen LogP contribution in [0, 0.1) is 11.2 Å². The van der Waals surface area contributed by atoms with Crippen LogP contribution in [0.15, 0.2) is 55.0 Å². The van der Waals surface area contributed by atoms with Gasteiger partial charge in [0, 0.05) is 17.6 Å². The van der Waals surface area contributed by atoms with Gasteiger partial charge in [-0.25, -0.2) is 19.0 Å². The van der Waals surface area contributed by atoms with E-state index in [0.29, 0.717) is 6.04 Å². The standard InChI is InChI=1S/C25H28FN7/c1-25(2,3)14-27-24-20-12-18(8-11-21(20)28-15-29-24)30-23(16-4-6-17(26)7-5-16)22-13-33(32-31-22)19-9-10-19/h4-8,11-13,15,19,23,30H,9-10,14H2,1-3H3,(H,27,28,29). The third-order valence-electron chi connectivity index (χ3n) is 5.68. The summed E-state index contributed by atoms with van der Waals surface area (Å²) in [6, 6.07) is 12.7. The molecule has 1 atom stereocenters. The maximum absolute atomic E-state index is 13.6. The Bertz CT molecular complexity index is 1260. The molecule has 1 saturated carbocycles. The molecule has 0 aliphatic heterocycles. The number of hydrogen-bond donors (Lipinski definition) is 2. The van der Waals surface area contributed by atoms with E-state index in [1.807, 2.05) is 29.1 Å². The first-order valence-electron chi connectivity index (χ1n) is 11.3. The predicted molar refractivity (Wildman–Crippen MR) is 128 cm³/mol. The summed E-state index contributed by atoms with van der Waals surface area (Å²) >= 11 is 0. The van der Waals surface area contributed by atoms with E-state index in [1.165, 1.54) is 12.1 Å². The maximum Gasteiger partial charge on any atom is 0.137 e. The largest absolute Gasteiger partial charge is 0.373 e. The number of benzene rings is 2. The first kappa shape index (κ1) is 21.3. The molecule has 1 fully saturated rings. The molecule has 0 bridgehead atoms. The SMILES string of the molecule is CC(C)(C)CNc1ncnc2ccc(NC(c3ccc(F)cc3)c3cn(C4CC4)nn3)cc12. The van der Waals surface area contributed by atoms with Crippen LogP contribution in [-0.4, -0.2) is 31.5 Å². The molecule has 2 heterocycles. The van der Waals surface area contributed by atoms with E-state index in [0.717, 1.165) is 53.1 Å². The van der Waals surface area contributed by atoms with Crippen LogP contribution in [0.25, 0.3) is 10.9 Å². The lowest BCUT2D eigenvalue weighted by atomic mass is 9.97. The summed E-state index contributed by atoms with van der Waals surface area (Å²) in [5.74, 6) is 0.535. The molecule has 2 aromatic carbocycles. The van der Waals surface area contributed by atoms with Gasteiger partial charge in [0.2, 0.25) is 0 Å². The average Bonchev–Trinajstić information content (AvgIpc) is 3.53. The van der Waals surface area contributed by atoms with Crippen LogP contribution in [0.1, 0.15) is 57.0 Å². The summed E-state index contributed by atoms with van der Waals surface area (Å²) in [6.07, 6.45) is 5.83. The molecule has 170 valence electrons. The van der Waals surface area contributed by atoms with E-state index in [4.69, 9.17) is 0 Å². The minimum Gasteiger partial charge on any atom is -0.373 e. The molecule has 2 N–H and O–H groups in total. The molecule has 0 radical (unpaired) electrons. The third-order valence-corrected chi connectivity index (χ3v) is 5.68. The second-order valence-corrected chi connectivity index (χ2v) is 9.85. The monoisotopic (exact) mass is 445 g/mol. The summed E-state index contributed by atoms with van der Waals surface area (Å²) in [4.78, 5) is 8.88. The highest BCUT2D eigenvalue weighted by atomic mass is 19.1. The summed E-state index contributed by atoms with van der Waals surface area (Å²) in [7, 11) is 0. The van der Waals surface area contributed by atoms with Crippen molar-refractivity contribution in [3.05, 3.63) is 72.1 Å². The first-order chi connectivity index (χ1) is 15.9. The Kier molecular flexibility index (Phi) is 5.44. The quantitative estimate of drug-likeness (QED) is 0.399. The van der Waals surface area contributed by atoms with Crippen molar-refractivity contribution in [3.8, 4) is 0 Å². The maximum atomic E-state index is 13.6. The Labute approximate surface area is 192 Å². The number of aromatic nitrogens is 5. The molecule has 2 aromatic heterocycles. The van der Waals surface area contributed by atoms with Gasteiger partial charge in [0.05, 0.1) is 23.8 Å². The van der Waals surface area contributed by atoms with Crippen LogP contribution < -0.4 is 10.6 Å². The van der Waals surface area contributed by atoms with Gasteiger partial charge in [0.25, 0.3) is 0 Å². The normalized spacial score (nSPS) is 14.9. The Balaban J connectivity index is 1.48. The Morgan fingerprint density at radius 1 is 1.09 bits per heavy atom. The highest BCUT2D eigenvalue weighted by Crippen LogP contribution is 2.35. The van der Waals surface area contributed by atoms with Crippen LogP contribution >= 0.6 is 0 Å². The molecule has 0 amide bonds. The summed E-state index contributed by atoms with van der Waals surface area (Å²) < 4.78 is 15.5. The van der Waals surface area contributed by atoms with Gasteiger partial charge in [-0.1, -0.05) is 38.1 Å². The number of nitrogens with one attached hydrogen (secondary N) is 2. The van der Waals surface area contributed by atoms with Gasteiger partial charge in [-0.3, -0.25) is 0 Å². The molecule has 0 saturated heterocycles. The zero-order valence-corrected chi connectivity index (χ0v) is 19.1. The van der Waals surface area contributed by atoms with Crippen LogP contribution in [0.4, 0.5) is 15.9 Å². The van der Waals surface area contributed by atoms with Gasteiger partial charge in [-0.05, 0) is 54.2 Å². The fraction of sp³-hybridized carbons (Fsp3) is 0.360. The lowest BCUT2D eigenvalue weighted by Gasteiger charge is -2.21. The predicted octanol–water partition coefficient (Wildman–Crippen LogP) is 5.35. The first-order valence-corrected chi connectivity index (χ1v) is 11.3. The number of anilines is 2. The molecule has 1 aliphatic carbocycles. The summed E-state index contributed by atoms with van der Waals surface area (Å²) in [6.45, 7) is 7.33. The zero-order chi connectivity index (χ0) is 23.0. The number of nitrogens with zero attached hydrogens (tertiary/aromatic N) is 5. The van der Waals surface area contributed by atoms with Crippen LogP contribution in [-0.2, 0) is 0 Å². The van der Waals surface area contributed by atoms with Crippen molar-refractivity contribution < 1.29 is 4.39 Å². The molecule has 4 aromatic rings. The zero-order valence-electron chi connectivity index (χ0n) is 19.1. The number of fused-ring (bicyclic) bond motifs is 1. The van der Waals surface area contributed by atoms with Crippen molar-refractivity contribution in [3.63, 3.8) is 0 Å². The lowest BCUT2D eigenvalue weighted by Crippen LogP contribution is -2.19. The van der Waals surface area contributed by atoms with Crippen LogP contribution in [0.5, 0.6) is 0 Å². The Morgan fingerprint density at radius 2 is 1.88 bits per heavy atom.